The van der Waals surface area contributed by atoms with Crippen molar-refractivity contribution >= 4 is 17.7 Å². The van der Waals surface area contributed by atoms with E-state index >= 15 is 0 Å². The minimum atomic E-state index is -0.0332. The van der Waals surface area contributed by atoms with Crippen LogP contribution in [0.25, 0.3) is 0 Å². The Hall–Kier alpha value is -1.56. The van der Waals surface area contributed by atoms with Gasteiger partial charge < -0.3 is 19.1 Å². The van der Waals surface area contributed by atoms with Crippen LogP contribution in [0.3, 0.4) is 0 Å². The molecule has 6 heteroatoms. The van der Waals surface area contributed by atoms with Gasteiger partial charge in [-0.1, -0.05) is 13.3 Å². The van der Waals surface area contributed by atoms with Crippen LogP contribution >= 0.6 is 11.8 Å². The maximum absolute atomic E-state index is 12.5. The number of ether oxygens (including phenoxy) is 3. The predicted molar refractivity (Wildman–Crippen MR) is 92.5 cm³/mol. The van der Waals surface area contributed by atoms with Crippen LogP contribution in [0.15, 0.2) is 12.1 Å². The van der Waals surface area contributed by atoms with Crippen molar-refractivity contribution in [2.24, 2.45) is 0 Å². The predicted octanol–water partition coefficient (Wildman–Crippen LogP) is 3.48. The number of hydrogen-bond acceptors (Lipinski definition) is 5. The van der Waals surface area contributed by atoms with E-state index in [0.29, 0.717) is 17.9 Å². The molecule has 0 aliphatic carbocycles. The van der Waals surface area contributed by atoms with Gasteiger partial charge >= 0.3 is 0 Å². The first-order chi connectivity index (χ1) is 11.2. The Balaban J connectivity index is 2.33. The van der Waals surface area contributed by atoms with Crippen LogP contribution in [-0.4, -0.2) is 44.4 Å². The lowest BCUT2D eigenvalue weighted by Gasteiger charge is -2.26. The van der Waals surface area contributed by atoms with Crippen molar-refractivity contribution in [2.75, 3.05) is 33.6 Å². The number of carbonyl (C=O) groups excluding carboxylic acids is 1. The van der Waals surface area contributed by atoms with Crippen LogP contribution in [0.2, 0.25) is 0 Å². The van der Waals surface area contributed by atoms with Gasteiger partial charge in [-0.2, -0.15) is 0 Å². The number of methoxy groups -OCH3 is 3. The molecule has 1 unspecified atom stereocenters. The highest BCUT2D eigenvalue weighted by Gasteiger charge is 2.33. The summed E-state index contributed by atoms with van der Waals surface area (Å²) in [5.74, 6) is 3.13. The van der Waals surface area contributed by atoms with E-state index in [1.54, 1.807) is 33.1 Å². The van der Waals surface area contributed by atoms with Gasteiger partial charge in [0.15, 0.2) is 11.5 Å². The highest BCUT2D eigenvalue weighted by Crippen LogP contribution is 2.46. The number of rotatable bonds is 7. The average molecular weight is 339 g/mol. The van der Waals surface area contributed by atoms with Crippen LogP contribution in [0.1, 0.15) is 37.1 Å². The normalized spacial score (nSPS) is 17.2. The minimum Gasteiger partial charge on any atom is -0.496 e. The van der Waals surface area contributed by atoms with E-state index in [4.69, 9.17) is 14.2 Å². The van der Waals surface area contributed by atoms with Gasteiger partial charge in [-0.3, -0.25) is 4.79 Å². The Bertz CT molecular complexity index is 550. The fourth-order valence-electron chi connectivity index (χ4n) is 2.70. The Morgan fingerprint density at radius 3 is 2.43 bits per heavy atom. The highest BCUT2D eigenvalue weighted by molar-refractivity contribution is 7.99. The molecule has 128 valence electrons. The van der Waals surface area contributed by atoms with Crippen LogP contribution in [0.5, 0.6) is 17.2 Å². The van der Waals surface area contributed by atoms with Gasteiger partial charge in [0.25, 0.3) is 0 Å². The lowest BCUT2D eigenvalue weighted by molar-refractivity contribution is -0.131. The number of unbranched alkanes of at least 4 members (excludes halogenated alkanes) is 1. The first-order valence-corrected chi connectivity index (χ1v) is 8.92. The topological polar surface area (TPSA) is 48.0 Å². The third-order valence-electron chi connectivity index (χ3n) is 3.96. The molecule has 0 bridgehead atoms. The zero-order chi connectivity index (χ0) is 16.8. The van der Waals surface area contributed by atoms with Gasteiger partial charge in [-0.05, 0) is 12.5 Å². The molecule has 0 radical (unpaired) electrons. The summed E-state index contributed by atoms with van der Waals surface area (Å²) >= 11 is 1.76. The van der Waals surface area contributed by atoms with E-state index in [-0.39, 0.29) is 11.3 Å². The molecule has 1 aromatic rings. The molecule has 1 amide bonds. The van der Waals surface area contributed by atoms with Gasteiger partial charge in [0.1, 0.15) is 11.1 Å². The summed E-state index contributed by atoms with van der Waals surface area (Å²) < 4.78 is 16.3. The Morgan fingerprint density at radius 2 is 1.83 bits per heavy atom. The number of carbonyl (C=O) groups is 1. The average Bonchev–Trinajstić information content (AvgIpc) is 3.07. The second kappa shape index (κ2) is 8.34. The first kappa shape index (κ1) is 17.8. The van der Waals surface area contributed by atoms with Gasteiger partial charge in [-0.15, -0.1) is 11.8 Å². The number of benzene rings is 1. The molecule has 1 heterocycles. The smallest absolute Gasteiger partial charge is 0.223 e. The van der Waals surface area contributed by atoms with E-state index in [1.165, 1.54) is 0 Å². The molecular weight excluding hydrogens is 314 g/mol. The van der Waals surface area contributed by atoms with Crippen molar-refractivity contribution in [3.63, 3.8) is 0 Å². The van der Waals surface area contributed by atoms with Gasteiger partial charge in [0.05, 0.1) is 21.3 Å². The number of hydrogen-bond donors (Lipinski definition) is 0. The van der Waals surface area contributed by atoms with Crippen molar-refractivity contribution in [1.82, 2.24) is 4.90 Å². The Kier molecular flexibility index (Phi) is 6.45. The molecule has 0 aromatic heterocycles. The van der Waals surface area contributed by atoms with Gasteiger partial charge in [-0.25, -0.2) is 0 Å². The number of thioether (sulfide) groups is 1. The van der Waals surface area contributed by atoms with Crippen molar-refractivity contribution in [3.8, 4) is 17.2 Å². The fourth-order valence-corrected chi connectivity index (χ4v) is 3.99. The molecule has 5 nitrogen and oxygen atoms in total. The third-order valence-corrected chi connectivity index (χ3v) is 5.20. The maximum Gasteiger partial charge on any atom is 0.223 e. The molecule has 1 aromatic carbocycles. The number of nitrogens with zero attached hydrogens (tertiary/aromatic N) is 1. The molecular formula is C17H25NO4S. The molecule has 1 saturated heterocycles. The SMILES string of the molecule is CCCCC(=O)N1CCSC1c1cc(OC)c(OC)cc1OC. The second-order valence-corrected chi connectivity index (χ2v) is 6.55. The van der Waals surface area contributed by atoms with Crippen molar-refractivity contribution in [2.45, 2.75) is 31.6 Å². The summed E-state index contributed by atoms with van der Waals surface area (Å²) in [6.07, 6.45) is 2.55. The molecule has 2 rings (SSSR count). The molecule has 0 N–H and O–H groups in total. The summed E-state index contributed by atoms with van der Waals surface area (Å²) in [6.45, 7) is 2.87. The summed E-state index contributed by atoms with van der Waals surface area (Å²) in [5.41, 5.74) is 0.956. The van der Waals surface area contributed by atoms with Crippen LogP contribution in [0.4, 0.5) is 0 Å². The summed E-state index contributed by atoms with van der Waals surface area (Å²) in [5, 5.41) is -0.0332. The van der Waals surface area contributed by atoms with Crippen molar-refractivity contribution < 1.29 is 19.0 Å². The summed E-state index contributed by atoms with van der Waals surface area (Å²) in [4.78, 5) is 14.4. The Morgan fingerprint density at radius 1 is 1.17 bits per heavy atom. The molecule has 23 heavy (non-hydrogen) atoms. The van der Waals surface area contributed by atoms with E-state index in [0.717, 1.165) is 36.5 Å². The largest absolute Gasteiger partial charge is 0.496 e. The summed E-state index contributed by atoms with van der Waals surface area (Å²) in [7, 11) is 4.84. The third kappa shape index (κ3) is 3.86. The first-order valence-electron chi connectivity index (χ1n) is 7.87. The molecule has 0 saturated carbocycles. The van der Waals surface area contributed by atoms with Crippen molar-refractivity contribution in [1.29, 1.82) is 0 Å². The van der Waals surface area contributed by atoms with Crippen LogP contribution in [0, 0.1) is 0 Å². The molecule has 1 fully saturated rings. The molecule has 1 aliphatic rings. The zero-order valence-electron chi connectivity index (χ0n) is 14.3. The molecule has 0 spiro atoms. The van der Waals surface area contributed by atoms with E-state index in [2.05, 4.69) is 6.92 Å². The van der Waals surface area contributed by atoms with Gasteiger partial charge in [0.2, 0.25) is 5.91 Å². The molecule has 1 atom stereocenters. The summed E-state index contributed by atoms with van der Waals surface area (Å²) in [6, 6.07) is 3.74. The van der Waals surface area contributed by atoms with E-state index < -0.39 is 0 Å². The lowest BCUT2D eigenvalue weighted by Crippen LogP contribution is -2.30. The minimum absolute atomic E-state index is 0.0332. The quantitative estimate of drug-likeness (QED) is 0.761. The lowest BCUT2D eigenvalue weighted by atomic mass is 10.1. The maximum atomic E-state index is 12.5. The van der Waals surface area contributed by atoms with Crippen LogP contribution < -0.4 is 14.2 Å². The van der Waals surface area contributed by atoms with E-state index in [1.807, 2.05) is 17.0 Å². The highest BCUT2D eigenvalue weighted by atomic mass is 32.2. The zero-order valence-corrected chi connectivity index (χ0v) is 15.1. The van der Waals surface area contributed by atoms with Gasteiger partial charge in [0, 0.05) is 30.3 Å². The van der Waals surface area contributed by atoms with Crippen molar-refractivity contribution in [3.05, 3.63) is 17.7 Å². The van der Waals surface area contributed by atoms with Crippen LogP contribution in [-0.2, 0) is 4.79 Å². The molecule has 1 aliphatic heterocycles. The number of amides is 1. The second-order valence-electron chi connectivity index (χ2n) is 5.36. The monoisotopic (exact) mass is 339 g/mol. The van der Waals surface area contributed by atoms with E-state index in [9.17, 15) is 4.79 Å². The Labute approximate surface area is 142 Å². The standard InChI is InChI=1S/C17H25NO4S/c1-5-6-7-16(19)18-8-9-23-17(18)12-10-14(21-3)15(22-4)11-13(12)20-2/h10-11,17H,5-9H2,1-4H3. The fraction of sp³-hybridized carbons (Fsp3) is 0.588.